The van der Waals surface area contributed by atoms with Gasteiger partial charge in [0, 0.05) is 11.1 Å². The summed E-state index contributed by atoms with van der Waals surface area (Å²) >= 11 is 12.0. The lowest BCUT2D eigenvalue weighted by molar-refractivity contribution is 0.104. The van der Waals surface area contributed by atoms with Crippen molar-refractivity contribution in [3.05, 3.63) is 57.1 Å². The van der Waals surface area contributed by atoms with E-state index in [1.54, 1.807) is 6.92 Å². The van der Waals surface area contributed by atoms with Crippen LogP contribution in [0.1, 0.15) is 34.1 Å². The highest BCUT2D eigenvalue weighted by Crippen LogP contribution is 2.30. The minimum absolute atomic E-state index is 0.00397. The van der Waals surface area contributed by atoms with Crippen molar-refractivity contribution < 1.29 is 17.6 Å². The molecule has 1 unspecified atom stereocenters. The summed E-state index contributed by atoms with van der Waals surface area (Å²) in [5.74, 6) is -0.844. The molecule has 2 heterocycles. The molecule has 5 nitrogen and oxygen atoms in total. The van der Waals surface area contributed by atoms with E-state index >= 15 is 0 Å². The van der Waals surface area contributed by atoms with Crippen LogP contribution in [0.4, 0.5) is 4.39 Å². The van der Waals surface area contributed by atoms with Crippen molar-refractivity contribution in [3.63, 3.8) is 0 Å². The van der Waals surface area contributed by atoms with E-state index in [0.717, 1.165) is 6.07 Å². The van der Waals surface area contributed by atoms with Crippen molar-refractivity contribution in [2.75, 3.05) is 11.5 Å². The van der Waals surface area contributed by atoms with Gasteiger partial charge in [0.25, 0.3) is 0 Å². The Morgan fingerprint density at radius 3 is 2.73 bits per heavy atom. The van der Waals surface area contributed by atoms with Crippen LogP contribution < -0.4 is 0 Å². The molecule has 0 amide bonds. The van der Waals surface area contributed by atoms with Crippen molar-refractivity contribution >= 4 is 44.9 Å². The molecule has 9 heteroatoms. The van der Waals surface area contributed by atoms with Gasteiger partial charge in [-0.3, -0.25) is 4.79 Å². The maximum atomic E-state index is 13.2. The third kappa shape index (κ3) is 3.84. The van der Waals surface area contributed by atoms with Crippen LogP contribution >= 0.6 is 23.2 Å². The van der Waals surface area contributed by atoms with E-state index in [1.807, 2.05) is 0 Å². The molecule has 3 rings (SSSR count). The highest BCUT2D eigenvalue weighted by molar-refractivity contribution is 7.91. The molecule has 1 saturated heterocycles. The zero-order valence-corrected chi connectivity index (χ0v) is 16.1. The Balaban J connectivity index is 1.85. The average molecular weight is 417 g/mol. The number of carbonyl (C=O) groups is 1. The molecule has 1 fully saturated rings. The number of halogens is 3. The Bertz CT molecular complexity index is 1020. The van der Waals surface area contributed by atoms with Gasteiger partial charge in [-0.05, 0) is 43.7 Å². The fourth-order valence-electron chi connectivity index (χ4n) is 2.84. The van der Waals surface area contributed by atoms with E-state index < -0.39 is 15.7 Å². The van der Waals surface area contributed by atoms with Crippen LogP contribution in [-0.4, -0.2) is 35.5 Å². The smallest absolute Gasteiger partial charge is 0.185 e. The Labute approximate surface area is 160 Å². The van der Waals surface area contributed by atoms with Crippen LogP contribution in [0.3, 0.4) is 0 Å². The van der Waals surface area contributed by atoms with Crippen molar-refractivity contribution in [1.82, 2.24) is 9.78 Å². The molecule has 0 bridgehead atoms. The molecule has 0 N–H and O–H groups in total. The number of sulfone groups is 1. The number of benzene rings is 1. The van der Waals surface area contributed by atoms with E-state index in [1.165, 1.54) is 29.0 Å². The molecule has 0 radical (unpaired) electrons. The summed E-state index contributed by atoms with van der Waals surface area (Å²) in [6.45, 7) is 1.73. The monoisotopic (exact) mass is 416 g/mol. The molecular weight excluding hydrogens is 402 g/mol. The van der Waals surface area contributed by atoms with E-state index in [9.17, 15) is 17.6 Å². The first kappa shape index (κ1) is 19.1. The second-order valence-corrected chi connectivity index (χ2v) is 9.11. The Kier molecular flexibility index (Phi) is 5.23. The molecule has 138 valence electrons. The quantitative estimate of drug-likeness (QED) is 0.559. The van der Waals surface area contributed by atoms with Crippen LogP contribution in [0.15, 0.2) is 24.3 Å². The highest BCUT2D eigenvalue weighted by atomic mass is 35.5. The summed E-state index contributed by atoms with van der Waals surface area (Å²) in [6, 6.07) is 3.42. The molecule has 1 aromatic carbocycles. The average Bonchev–Trinajstić information content (AvgIpc) is 3.07. The lowest BCUT2D eigenvalue weighted by Gasteiger charge is -2.09. The standard InChI is InChI=1S/C17H15Cl2FN2O3S/c1-10-13(3-5-16(23)11-2-4-15(20)14(18)8-11)17(19)22(21-10)12-6-7-26(24,25)9-12/h2-5,8,12H,6-7,9H2,1H3. The number of carbonyl (C=O) groups excluding carboxylic acids is 1. The van der Waals surface area contributed by atoms with Crippen LogP contribution in [0, 0.1) is 12.7 Å². The van der Waals surface area contributed by atoms with Gasteiger partial charge >= 0.3 is 0 Å². The fraction of sp³-hybridized carbons (Fsp3) is 0.294. The number of hydrogen-bond acceptors (Lipinski definition) is 4. The second-order valence-electron chi connectivity index (χ2n) is 6.12. The Morgan fingerprint density at radius 2 is 2.12 bits per heavy atom. The van der Waals surface area contributed by atoms with Crippen LogP contribution in [-0.2, 0) is 9.84 Å². The third-order valence-corrected chi connectivity index (χ3v) is 6.65. The summed E-state index contributed by atoms with van der Waals surface area (Å²) in [5, 5.41) is 4.47. The number of nitrogens with zero attached hydrogens (tertiary/aromatic N) is 2. The van der Waals surface area contributed by atoms with Gasteiger partial charge in [0.05, 0.1) is 28.3 Å². The topological polar surface area (TPSA) is 69.0 Å². The number of hydrogen-bond donors (Lipinski definition) is 0. The molecule has 0 saturated carbocycles. The normalized spacial score (nSPS) is 19.3. The summed E-state index contributed by atoms with van der Waals surface area (Å²) in [4.78, 5) is 12.2. The van der Waals surface area contributed by atoms with Crippen LogP contribution in [0.5, 0.6) is 0 Å². The molecule has 0 spiro atoms. The fourth-order valence-corrected chi connectivity index (χ4v) is 5.08. The first-order valence-corrected chi connectivity index (χ1v) is 10.4. The molecule has 1 aliphatic rings. The molecule has 0 aliphatic carbocycles. The van der Waals surface area contributed by atoms with Gasteiger partial charge in [-0.25, -0.2) is 17.5 Å². The van der Waals surface area contributed by atoms with Crippen LogP contribution in [0.2, 0.25) is 10.2 Å². The molecule has 2 aromatic rings. The van der Waals surface area contributed by atoms with Crippen molar-refractivity contribution in [1.29, 1.82) is 0 Å². The van der Waals surface area contributed by atoms with Gasteiger partial charge in [0.15, 0.2) is 15.6 Å². The molecule has 26 heavy (non-hydrogen) atoms. The predicted molar refractivity (Wildman–Crippen MR) is 99.1 cm³/mol. The maximum absolute atomic E-state index is 13.2. The summed E-state index contributed by atoms with van der Waals surface area (Å²) < 4.78 is 38.0. The largest absolute Gasteiger partial charge is 0.289 e. The first-order valence-electron chi connectivity index (χ1n) is 7.80. The minimum atomic E-state index is -3.07. The van der Waals surface area contributed by atoms with Gasteiger partial charge in [-0.2, -0.15) is 5.10 Å². The number of aromatic nitrogens is 2. The summed E-state index contributed by atoms with van der Waals surface area (Å²) in [7, 11) is -3.07. The van der Waals surface area contributed by atoms with E-state index in [2.05, 4.69) is 5.10 Å². The maximum Gasteiger partial charge on any atom is 0.185 e. The first-order chi connectivity index (χ1) is 12.2. The molecule has 1 atom stereocenters. The van der Waals surface area contributed by atoms with Gasteiger partial charge in [-0.15, -0.1) is 0 Å². The van der Waals surface area contributed by atoms with Crippen molar-refractivity contribution in [2.24, 2.45) is 0 Å². The summed E-state index contributed by atoms with van der Waals surface area (Å²) in [6.07, 6.45) is 3.28. The lowest BCUT2D eigenvalue weighted by Crippen LogP contribution is -2.12. The van der Waals surface area contributed by atoms with E-state index in [-0.39, 0.29) is 39.1 Å². The second kappa shape index (κ2) is 7.13. The molecule has 1 aliphatic heterocycles. The number of ketones is 1. The zero-order valence-electron chi connectivity index (χ0n) is 13.7. The zero-order chi connectivity index (χ0) is 19.1. The molecular formula is C17H15Cl2FN2O3S. The lowest BCUT2D eigenvalue weighted by atomic mass is 10.1. The molecule has 1 aromatic heterocycles. The minimum Gasteiger partial charge on any atom is -0.289 e. The van der Waals surface area contributed by atoms with E-state index in [4.69, 9.17) is 23.2 Å². The van der Waals surface area contributed by atoms with Crippen LogP contribution in [0.25, 0.3) is 6.08 Å². The highest BCUT2D eigenvalue weighted by Gasteiger charge is 2.31. The van der Waals surface area contributed by atoms with E-state index in [0.29, 0.717) is 17.7 Å². The number of rotatable bonds is 4. The van der Waals surface area contributed by atoms with Crippen molar-refractivity contribution in [2.45, 2.75) is 19.4 Å². The van der Waals surface area contributed by atoms with Gasteiger partial charge in [-0.1, -0.05) is 23.2 Å². The Morgan fingerprint density at radius 1 is 1.38 bits per heavy atom. The van der Waals surface area contributed by atoms with Crippen molar-refractivity contribution in [3.8, 4) is 0 Å². The van der Waals surface area contributed by atoms with Gasteiger partial charge in [0.2, 0.25) is 0 Å². The number of aryl methyl sites for hydroxylation is 1. The number of allylic oxidation sites excluding steroid dienone is 1. The Hall–Kier alpha value is -1.70. The summed E-state index contributed by atoms with van der Waals surface area (Å²) in [5.41, 5.74) is 1.37. The third-order valence-electron chi connectivity index (χ3n) is 4.23. The van der Waals surface area contributed by atoms with Gasteiger partial charge in [0.1, 0.15) is 11.0 Å². The van der Waals surface area contributed by atoms with Gasteiger partial charge < -0.3 is 0 Å². The SMILES string of the molecule is Cc1nn(C2CCS(=O)(=O)C2)c(Cl)c1C=CC(=O)c1ccc(F)c(Cl)c1. The predicted octanol–water partition coefficient (Wildman–Crippen LogP) is 3.89.